The van der Waals surface area contributed by atoms with Crippen molar-refractivity contribution in [1.29, 1.82) is 0 Å². The Morgan fingerprint density at radius 3 is 2.33 bits per heavy atom. The average Bonchev–Trinajstić information content (AvgIpc) is 2.47. The van der Waals surface area contributed by atoms with Gasteiger partial charge in [0.1, 0.15) is 5.82 Å². The highest BCUT2D eigenvalue weighted by molar-refractivity contribution is 6.16. The largest absolute Gasteiger partial charge is 0.232 e. The molecule has 0 saturated heterocycles. The van der Waals surface area contributed by atoms with Gasteiger partial charge >= 0.3 is 0 Å². The van der Waals surface area contributed by atoms with Crippen molar-refractivity contribution in [3.05, 3.63) is 60.4 Å². The Labute approximate surface area is 110 Å². The molecule has 0 radical (unpaired) electrons. The second-order valence-corrected chi connectivity index (χ2v) is 4.27. The summed E-state index contributed by atoms with van der Waals surface area (Å²) in [6, 6.07) is 18.1. The minimum absolute atomic E-state index is 0.324. The first-order chi connectivity index (χ1) is 8.88. The van der Waals surface area contributed by atoms with Gasteiger partial charge < -0.3 is 0 Å². The van der Waals surface area contributed by atoms with E-state index in [2.05, 4.69) is 9.97 Å². The summed E-state index contributed by atoms with van der Waals surface area (Å²) in [6.45, 7) is 0. The van der Waals surface area contributed by atoms with E-state index in [4.69, 9.17) is 11.6 Å². The Hall–Kier alpha value is -1.93. The summed E-state index contributed by atoms with van der Waals surface area (Å²) in [6.07, 6.45) is 0. The van der Waals surface area contributed by atoms with Gasteiger partial charge in [0.15, 0.2) is 0 Å². The molecule has 0 spiro atoms. The van der Waals surface area contributed by atoms with E-state index in [9.17, 15) is 0 Å². The number of hydrogen-bond donors (Lipinski definition) is 0. The Balaban J connectivity index is 2.33. The summed E-state index contributed by atoms with van der Waals surface area (Å²) in [5.41, 5.74) is 2.96. The minimum atomic E-state index is 0.324. The summed E-state index contributed by atoms with van der Waals surface area (Å²) >= 11 is 5.86. The minimum Gasteiger partial charge on any atom is -0.232 e. The Morgan fingerprint density at radius 2 is 1.56 bits per heavy atom. The van der Waals surface area contributed by atoms with E-state index in [1.807, 2.05) is 54.6 Å². The van der Waals surface area contributed by atoms with Crippen molar-refractivity contribution in [2.75, 3.05) is 0 Å². The third-order valence-corrected chi connectivity index (χ3v) is 3.06. The maximum atomic E-state index is 5.86. The summed E-state index contributed by atoms with van der Waals surface area (Å²) in [5.74, 6) is 0.985. The van der Waals surface area contributed by atoms with Gasteiger partial charge in [-0.1, -0.05) is 48.5 Å². The molecule has 0 fully saturated rings. The second kappa shape index (κ2) is 4.75. The van der Waals surface area contributed by atoms with Crippen molar-refractivity contribution in [2.45, 2.75) is 5.88 Å². The van der Waals surface area contributed by atoms with Crippen LogP contribution < -0.4 is 0 Å². The summed E-state index contributed by atoms with van der Waals surface area (Å²) in [7, 11) is 0. The molecule has 3 aromatic rings. The van der Waals surface area contributed by atoms with E-state index in [0.717, 1.165) is 22.2 Å². The lowest BCUT2D eigenvalue weighted by Gasteiger charge is -2.07. The maximum absolute atomic E-state index is 5.86. The molecule has 1 aromatic heterocycles. The Morgan fingerprint density at radius 1 is 0.833 bits per heavy atom. The number of rotatable bonds is 2. The third-order valence-electron chi connectivity index (χ3n) is 2.82. The number of fused-ring (bicyclic) bond motifs is 1. The van der Waals surface area contributed by atoms with Crippen LogP contribution in [0.4, 0.5) is 0 Å². The quantitative estimate of drug-likeness (QED) is 0.645. The van der Waals surface area contributed by atoms with Gasteiger partial charge in [-0.3, -0.25) is 0 Å². The molecule has 2 nitrogen and oxygen atoms in total. The van der Waals surface area contributed by atoms with Gasteiger partial charge in [-0.2, -0.15) is 0 Å². The fourth-order valence-corrected chi connectivity index (χ4v) is 2.12. The standard InChI is InChI=1S/C15H11ClN2/c16-10-14-17-13-9-5-4-8-12(13)15(18-14)11-6-2-1-3-7-11/h1-9H,10H2. The van der Waals surface area contributed by atoms with Crippen LogP contribution in [0.15, 0.2) is 54.6 Å². The topological polar surface area (TPSA) is 25.8 Å². The number of aromatic nitrogens is 2. The zero-order chi connectivity index (χ0) is 12.4. The number of halogens is 1. The van der Waals surface area contributed by atoms with Crippen LogP contribution in [0.3, 0.4) is 0 Å². The molecular formula is C15H11ClN2. The zero-order valence-corrected chi connectivity index (χ0v) is 10.4. The number of para-hydroxylation sites is 1. The highest BCUT2D eigenvalue weighted by Gasteiger charge is 2.08. The third kappa shape index (κ3) is 1.95. The van der Waals surface area contributed by atoms with Crippen molar-refractivity contribution in [3.63, 3.8) is 0 Å². The molecule has 1 heterocycles. The van der Waals surface area contributed by atoms with Gasteiger partial charge in [0.2, 0.25) is 0 Å². The van der Waals surface area contributed by atoms with Crippen molar-refractivity contribution in [3.8, 4) is 11.3 Å². The van der Waals surface area contributed by atoms with E-state index >= 15 is 0 Å². The molecule has 3 heteroatoms. The van der Waals surface area contributed by atoms with Crippen molar-refractivity contribution in [2.24, 2.45) is 0 Å². The number of benzene rings is 2. The predicted molar refractivity (Wildman–Crippen MR) is 74.5 cm³/mol. The van der Waals surface area contributed by atoms with Gasteiger partial charge in [-0.25, -0.2) is 9.97 Å². The van der Waals surface area contributed by atoms with Gasteiger partial charge in [-0.15, -0.1) is 11.6 Å². The van der Waals surface area contributed by atoms with Gasteiger partial charge in [-0.05, 0) is 6.07 Å². The summed E-state index contributed by atoms with van der Waals surface area (Å²) in [5, 5.41) is 1.05. The van der Waals surface area contributed by atoms with E-state index in [1.165, 1.54) is 0 Å². The molecule has 0 saturated carbocycles. The van der Waals surface area contributed by atoms with E-state index < -0.39 is 0 Å². The molecule has 0 aliphatic heterocycles. The van der Waals surface area contributed by atoms with E-state index in [0.29, 0.717) is 11.7 Å². The molecule has 3 rings (SSSR count). The predicted octanol–water partition coefficient (Wildman–Crippen LogP) is 4.04. The molecule has 0 unspecified atom stereocenters. The van der Waals surface area contributed by atoms with Crippen LogP contribution in [0.25, 0.3) is 22.2 Å². The molecular weight excluding hydrogens is 244 g/mol. The number of nitrogens with zero attached hydrogens (tertiary/aromatic N) is 2. The van der Waals surface area contributed by atoms with Crippen LogP contribution in [0.1, 0.15) is 5.82 Å². The molecule has 18 heavy (non-hydrogen) atoms. The lowest BCUT2D eigenvalue weighted by Crippen LogP contribution is -1.96. The normalized spacial score (nSPS) is 10.7. The fraction of sp³-hybridized carbons (Fsp3) is 0.0667. The Bertz CT molecular complexity index is 680. The molecule has 0 aliphatic rings. The number of alkyl halides is 1. The van der Waals surface area contributed by atoms with Crippen LogP contribution in [0, 0.1) is 0 Å². The highest BCUT2D eigenvalue weighted by Crippen LogP contribution is 2.25. The van der Waals surface area contributed by atoms with Gasteiger partial charge in [0.25, 0.3) is 0 Å². The second-order valence-electron chi connectivity index (χ2n) is 4.01. The molecule has 88 valence electrons. The lowest BCUT2D eigenvalue weighted by molar-refractivity contribution is 1.07. The van der Waals surface area contributed by atoms with E-state index in [-0.39, 0.29) is 0 Å². The Kier molecular flexibility index (Phi) is 2.95. The summed E-state index contributed by atoms with van der Waals surface area (Å²) in [4.78, 5) is 8.98. The highest BCUT2D eigenvalue weighted by atomic mass is 35.5. The molecule has 0 amide bonds. The molecule has 0 atom stereocenters. The van der Waals surface area contributed by atoms with Crippen LogP contribution >= 0.6 is 11.6 Å². The van der Waals surface area contributed by atoms with Gasteiger partial charge in [0, 0.05) is 10.9 Å². The fourth-order valence-electron chi connectivity index (χ4n) is 2.00. The molecule has 2 aromatic carbocycles. The van der Waals surface area contributed by atoms with Crippen LogP contribution in [-0.4, -0.2) is 9.97 Å². The van der Waals surface area contributed by atoms with Crippen LogP contribution in [0.2, 0.25) is 0 Å². The average molecular weight is 255 g/mol. The van der Waals surface area contributed by atoms with Crippen LogP contribution in [-0.2, 0) is 5.88 Å². The molecule has 0 aliphatic carbocycles. The van der Waals surface area contributed by atoms with Crippen molar-refractivity contribution >= 4 is 22.5 Å². The molecule has 0 bridgehead atoms. The first-order valence-corrected chi connectivity index (χ1v) is 6.29. The van der Waals surface area contributed by atoms with Crippen LogP contribution in [0.5, 0.6) is 0 Å². The lowest BCUT2D eigenvalue weighted by atomic mass is 10.1. The number of hydrogen-bond acceptors (Lipinski definition) is 2. The first-order valence-electron chi connectivity index (χ1n) is 5.75. The zero-order valence-electron chi connectivity index (χ0n) is 9.68. The smallest absolute Gasteiger partial charge is 0.144 e. The molecule has 0 N–H and O–H groups in total. The van der Waals surface area contributed by atoms with Gasteiger partial charge in [0.05, 0.1) is 17.1 Å². The van der Waals surface area contributed by atoms with Crippen molar-refractivity contribution < 1.29 is 0 Å². The van der Waals surface area contributed by atoms with E-state index in [1.54, 1.807) is 0 Å². The summed E-state index contributed by atoms with van der Waals surface area (Å²) < 4.78 is 0. The SMILES string of the molecule is ClCc1nc(-c2ccccc2)c2ccccc2n1. The monoisotopic (exact) mass is 254 g/mol. The maximum Gasteiger partial charge on any atom is 0.144 e. The first kappa shape index (κ1) is 11.2. The van der Waals surface area contributed by atoms with Crippen molar-refractivity contribution in [1.82, 2.24) is 9.97 Å².